The second kappa shape index (κ2) is 8.87. The maximum atomic E-state index is 13.7. The number of nitrogens with one attached hydrogen (secondary N) is 2. The van der Waals surface area contributed by atoms with Gasteiger partial charge >= 0.3 is 12.4 Å². The molecule has 0 atom stereocenters. The summed E-state index contributed by atoms with van der Waals surface area (Å²) in [6.45, 7) is -0.644. The van der Waals surface area contributed by atoms with E-state index in [1.807, 2.05) is 4.98 Å². The van der Waals surface area contributed by atoms with Gasteiger partial charge in [0.15, 0.2) is 0 Å². The fourth-order valence-corrected chi connectivity index (χ4v) is 3.64. The molecule has 4 rings (SSSR count). The number of amides is 1. The number of alkyl halides is 6. The Morgan fingerprint density at radius 1 is 1.14 bits per heavy atom. The Hall–Kier alpha value is -4.04. The lowest BCUT2D eigenvalue weighted by molar-refractivity contribution is -0.138. The molecule has 0 radical (unpaired) electrons. The highest BCUT2D eigenvalue weighted by Gasteiger charge is 2.42. The quantitative estimate of drug-likeness (QED) is 0.501. The first kappa shape index (κ1) is 25.1. The number of hydrogen-bond acceptors (Lipinski definition) is 5. The second-order valence-electron chi connectivity index (χ2n) is 7.93. The highest BCUT2D eigenvalue weighted by atomic mass is 19.4. The molecule has 192 valence electrons. The molecular formula is C21H16F7N5O3. The Labute approximate surface area is 197 Å². The van der Waals surface area contributed by atoms with Crippen LogP contribution in [0, 0.1) is 5.82 Å². The van der Waals surface area contributed by atoms with E-state index in [4.69, 9.17) is 4.74 Å². The molecule has 0 spiro atoms. The number of pyridine rings is 1. The van der Waals surface area contributed by atoms with Gasteiger partial charge in [0.2, 0.25) is 0 Å². The van der Waals surface area contributed by atoms with Crippen LogP contribution in [0.15, 0.2) is 41.6 Å². The first-order valence-corrected chi connectivity index (χ1v) is 10.1. The predicted octanol–water partition coefficient (Wildman–Crippen LogP) is 3.81. The van der Waals surface area contributed by atoms with Crippen LogP contribution in [0.1, 0.15) is 21.5 Å². The maximum absolute atomic E-state index is 13.7. The highest BCUT2D eigenvalue weighted by Crippen LogP contribution is 2.40. The van der Waals surface area contributed by atoms with Crippen molar-refractivity contribution >= 4 is 17.3 Å². The number of halogens is 7. The van der Waals surface area contributed by atoms with E-state index in [2.05, 4.69) is 10.4 Å². The van der Waals surface area contributed by atoms with E-state index in [1.54, 1.807) is 0 Å². The van der Waals surface area contributed by atoms with Crippen LogP contribution in [-0.4, -0.2) is 39.9 Å². The molecule has 3 heterocycles. The van der Waals surface area contributed by atoms with E-state index in [0.29, 0.717) is 18.3 Å². The lowest BCUT2D eigenvalue weighted by Gasteiger charge is -2.42. The zero-order valence-corrected chi connectivity index (χ0v) is 18.2. The number of carbonyl (C=O) groups excluding carboxylic acids is 1. The smallest absolute Gasteiger partial charge is 0.419 e. The largest absolute Gasteiger partial charge is 0.487 e. The molecule has 1 aliphatic heterocycles. The summed E-state index contributed by atoms with van der Waals surface area (Å²) >= 11 is 0. The van der Waals surface area contributed by atoms with Crippen LogP contribution in [0.25, 0.3) is 0 Å². The van der Waals surface area contributed by atoms with Crippen LogP contribution in [0.3, 0.4) is 0 Å². The molecular weight excluding hydrogens is 503 g/mol. The number of carbonyl (C=O) groups is 1. The Morgan fingerprint density at radius 3 is 2.42 bits per heavy atom. The molecule has 1 aliphatic rings. The topological polar surface area (TPSA) is 92.2 Å². The highest BCUT2D eigenvalue weighted by molar-refractivity contribution is 6.08. The molecule has 1 aromatic carbocycles. The Morgan fingerprint density at radius 2 is 1.83 bits per heavy atom. The van der Waals surface area contributed by atoms with E-state index in [9.17, 15) is 40.3 Å². The van der Waals surface area contributed by atoms with Gasteiger partial charge in [0.25, 0.3) is 11.5 Å². The van der Waals surface area contributed by atoms with Crippen LogP contribution in [0.2, 0.25) is 0 Å². The SMILES string of the molecule is Cn1cc(NC(=O)c2c(N3CC(Oc4cc(F)cc(C(F)(F)F)c4)C3)c(C(F)(F)F)c[nH]c2=O)cn1. The van der Waals surface area contributed by atoms with Gasteiger partial charge in [0.1, 0.15) is 23.2 Å². The van der Waals surface area contributed by atoms with Gasteiger partial charge in [-0.25, -0.2) is 4.39 Å². The molecule has 1 fully saturated rings. The van der Waals surface area contributed by atoms with E-state index in [0.717, 1.165) is 4.90 Å². The van der Waals surface area contributed by atoms with Crippen molar-refractivity contribution in [3.8, 4) is 5.75 Å². The molecule has 0 aliphatic carbocycles. The van der Waals surface area contributed by atoms with E-state index >= 15 is 0 Å². The summed E-state index contributed by atoms with van der Waals surface area (Å²) in [6, 6.07) is 1.55. The minimum atomic E-state index is -4.96. The van der Waals surface area contributed by atoms with Crippen LogP contribution < -0.4 is 20.5 Å². The third-order valence-electron chi connectivity index (χ3n) is 5.23. The van der Waals surface area contributed by atoms with E-state index in [1.165, 1.54) is 24.1 Å². The van der Waals surface area contributed by atoms with Crippen LogP contribution >= 0.6 is 0 Å². The fraction of sp³-hybridized carbons (Fsp3) is 0.286. The van der Waals surface area contributed by atoms with Gasteiger partial charge in [-0.1, -0.05) is 0 Å². The van der Waals surface area contributed by atoms with Crippen molar-refractivity contribution < 1.29 is 40.3 Å². The summed E-state index contributed by atoms with van der Waals surface area (Å²) in [6.07, 6.45) is -7.73. The first-order chi connectivity index (χ1) is 16.7. The molecule has 0 bridgehead atoms. The molecule has 15 heteroatoms. The number of anilines is 2. The monoisotopic (exact) mass is 519 g/mol. The number of rotatable bonds is 5. The number of hydrogen-bond donors (Lipinski definition) is 2. The average Bonchev–Trinajstić information content (AvgIpc) is 3.12. The van der Waals surface area contributed by atoms with Crippen molar-refractivity contribution in [2.75, 3.05) is 23.3 Å². The molecule has 8 nitrogen and oxygen atoms in total. The first-order valence-electron chi connectivity index (χ1n) is 10.1. The molecule has 0 saturated carbocycles. The van der Waals surface area contributed by atoms with Gasteiger partial charge in [-0.2, -0.15) is 31.4 Å². The third-order valence-corrected chi connectivity index (χ3v) is 5.23. The molecule has 2 N–H and O–H groups in total. The molecule has 2 aromatic heterocycles. The molecule has 1 saturated heterocycles. The average molecular weight is 519 g/mol. The summed E-state index contributed by atoms with van der Waals surface area (Å²) in [5.74, 6) is -2.81. The van der Waals surface area contributed by atoms with Crippen molar-refractivity contribution in [3.05, 3.63) is 69.7 Å². The number of benzene rings is 1. The van der Waals surface area contributed by atoms with E-state index in [-0.39, 0.29) is 24.8 Å². The summed E-state index contributed by atoms with van der Waals surface area (Å²) in [5, 5.41) is 6.12. The number of aromatic amines is 1. The zero-order chi connectivity index (χ0) is 26.4. The van der Waals surface area contributed by atoms with E-state index < -0.39 is 63.9 Å². The lowest BCUT2D eigenvalue weighted by Crippen LogP contribution is -2.55. The molecule has 0 unspecified atom stereocenters. The maximum Gasteiger partial charge on any atom is 0.419 e. The van der Waals surface area contributed by atoms with Gasteiger partial charge in [-0.15, -0.1) is 0 Å². The van der Waals surface area contributed by atoms with Crippen molar-refractivity contribution in [2.24, 2.45) is 7.05 Å². The van der Waals surface area contributed by atoms with Crippen molar-refractivity contribution in [1.82, 2.24) is 14.8 Å². The minimum Gasteiger partial charge on any atom is -0.487 e. The normalized spacial score (nSPS) is 14.5. The molecule has 1 amide bonds. The number of ether oxygens (including phenoxy) is 1. The van der Waals surface area contributed by atoms with Gasteiger partial charge in [0.05, 0.1) is 41.8 Å². The Bertz CT molecular complexity index is 1360. The van der Waals surface area contributed by atoms with Gasteiger partial charge in [-0.05, 0) is 12.1 Å². The Kier molecular flexibility index (Phi) is 6.18. The number of aryl methyl sites for hydroxylation is 1. The third kappa shape index (κ3) is 5.13. The summed E-state index contributed by atoms with van der Waals surface area (Å²) in [4.78, 5) is 28.2. The van der Waals surface area contributed by atoms with Crippen molar-refractivity contribution in [2.45, 2.75) is 18.5 Å². The van der Waals surface area contributed by atoms with Crippen LogP contribution in [0.4, 0.5) is 42.1 Å². The molecule has 36 heavy (non-hydrogen) atoms. The summed E-state index contributed by atoms with van der Waals surface area (Å²) in [7, 11) is 1.54. The predicted molar refractivity (Wildman–Crippen MR) is 111 cm³/mol. The Balaban J connectivity index is 1.61. The number of H-pyrrole nitrogens is 1. The minimum absolute atomic E-state index is 0.127. The zero-order valence-electron chi connectivity index (χ0n) is 18.2. The van der Waals surface area contributed by atoms with Gasteiger partial charge in [-0.3, -0.25) is 14.3 Å². The number of nitrogens with zero attached hydrogens (tertiary/aromatic N) is 3. The van der Waals surface area contributed by atoms with Crippen LogP contribution in [-0.2, 0) is 19.4 Å². The van der Waals surface area contributed by atoms with Gasteiger partial charge < -0.3 is 19.9 Å². The van der Waals surface area contributed by atoms with Gasteiger partial charge in [0, 0.05) is 25.5 Å². The lowest BCUT2D eigenvalue weighted by atomic mass is 10.0. The standard InChI is InChI=1S/C21H16F7N5O3/c1-32-7-12(5-30-32)31-19(35)16-17(15(21(26,27)28)6-29-18(16)34)33-8-14(9-33)36-13-3-10(20(23,24)25)2-11(22)4-13/h2-7,14H,8-9H2,1H3,(H,29,34)(H,31,35). The fourth-order valence-electron chi connectivity index (χ4n) is 3.64. The van der Waals surface area contributed by atoms with Crippen molar-refractivity contribution in [3.63, 3.8) is 0 Å². The number of aromatic nitrogens is 3. The second-order valence-corrected chi connectivity index (χ2v) is 7.93. The molecule has 3 aromatic rings. The summed E-state index contributed by atoms with van der Waals surface area (Å²) in [5.41, 5.74) is -5.11. The van der Waals surface area contributed by atoms with Crippen LogP contribution in [0.5, 0.6) is 5.75 Å². The van der Waals surface area contributed by atoms with Crippen molar-refractivity contribution in [1.29, 1.82) is 0 Å². The summed E-state index contributed by atoms with van der Waals surface area (Å²) < 4.78 is 100.